The number of rotatable bonds is 5. The third-order valence-corrected chi connectivity index (χ3v) is 4.94. The number of hydrogen-bond acceptors (Lipinski definition) is 6. The van der Waals surface area contributed by atoms with Gasteiger partial charge in [-0.15, -0.1) is 11.3 Å². The lowest BCUT2D eigenvalue weighted by Crippen LogP contribution is -2.24. The van der Waals surface area contributed by atoms with Crippen LogP contribution in [0.4, 0.5) is 0 Å². The quantitative estimate of drug-likeness (QED) is 0.620. The number of amides is 1. The predicted octanol–water partition coefficient (Wildman–Crippen LogP) is 0.895. The van der Waals surface area contributed by atoms with Gasteiger partial charge >= 0.3 is 5.97 Å². The molecule has 0 unspecified atom stereocenters. The van der Waals surface area contributed by atoms with Crippen molar-refractivity contribution in [2.45, 2.75) is 19.4 Å². The second-order valence-corrected chi connectivity index (χ2v) is 6.84. The SMILES string of the molecule is O=C(O)c1ccc(=O)n(-c2n[nH]c3nc(CNC(=O)C4CC4)sc23)c1. The number of aromatic amines is 1. The van der Waals surface area contributed by atoms with Crippen molar-refractivity contribution in [1.29, 1.82) is 0 Å². The van der Waals surface area contributed by atoms with E-state index < -0.39 is 11.5 Å². The number of fused-ring (bicyclic) bond motifs is 1. The van der Waals surface area contributed by atoms with E-state index in [4.69, 9.17) is 5.11 Å². The van der Waals surface area contributed by atoms with E-state index in [-0.39, 0.29) is 17.4 Å². The zero-order chi connectivity index (χ0) is 17.6. The maximum absolute atomic E-state index is 12.1. The van der Waals surface area contributed by atoms with E-state index in [9.17, 15) is 14.4 Å². The van der Waals surface area contributed by atoms with Crippen molar-refractivity contribution in [3.8, 4) is 5.82 Å². The molecule has 128 valence electrons. The van der Waals surface area contributed by atoms with E-state index in [0.29, 0.717) is 27.7 Å². The molecule has 3 heterocycles. The first-order valence-corrected chi connectivity index (χ1v) is 8.42. The van der Waals surface area contributed by atoms with Gasteiger partial charge in [0.2, 0.25) is 5.91 Å². The average Bonchev–Trinajstić information content (AvgIpc) is 3.25. The van der Waals surface area contributed by atoms with Gasteiger partial charge in [-0.1, -0.05) is 0 Å². The standard InChI is InChI=1S/C15H13N5O4S/c21-10-4-3-8(15(23)24)6-20(10)13-11-12(18-19-13)17-9(25-11)5-16-14(22)7-1-2-7/h3-4,6-7H,1-2,5H2,(H,16,22)(H,18,19)(H,23,24). The fourth-order valence-corrected chi connectivity index (χ4v) is 3.36. The highest BCUT2D eigenvalue weighted by Gasteiger charge is 2.29. The van der Waals surface area contributed by atoms with Gasteiger partial charge in [-0.25, -0.2) is 9.78 Å². The molecule has 1 aliphatic rings. The van der Waals surface area contributed by atoms with E-state index in [0.717, 1.165) is 12.8 Å². The summed E-state index contributed by atoms with van der Waals surface area (Å²) in [4.78, 5) is 39.3. The highest BCUT2D eigenvalue weighted by Crippen LogP contribution is 2.29. The van der Waals surface area contributed by atoms with Gasteiger partial charge in [-0.05, 0) is 18.9 Å². The highest BCUT2D eigenvalue weighted by molar-refractivity contribution is 7.19. The summed E-state index contributed by atoms with van der Waals surface area (Å²) in [6.07, 6.45) is 3.09. The first-order valence-electron chi connectivity index (χ1n) is 7.61. The van der Waals surface area contributed by atoms with Gasteiger partial charge in [0.15, 0.2) is 11.5 Å². The van der Waals surface area contributed by atoms with Crippen molar-refractivity contribution in [2.75, 3.05) is 0 Å². The summed E-state index contributed by atoms with van der Waals surface area (Å²) in [5.41, 5.74) is 0.0795. The third kappa shape index (κ3) is 2.91. The van der Waals surface area contributed by atoms with Gasteiger partial charge in [0, 0.05) is 18.2 Å². The molecule has 25 heavy (non-hydrogen) atoms. The molecule has 0 bridgehead atoms. The van der Waals surface area contributed by atoms with E-state index in [1.165, 1.54) is 34.2 Å². The molecular weight excluding hydrogens is 346 g/mol. The molecule has 1 saturated carbocycles. The molecule has 1 fully saturated rings. The lowest BCUT2D eigenvalue weighted by atomic mass is 10.3. The van der Waals surface area contributed by atoms with E-state index in [1.54, 1.807) is 0 Å². The van der Waals surface area contributed by atoms with Crippen LogP contribution in [0.3, 0.4) is 0 Å². The van der Waals surface area contributed by atoms with Crippen molar-refractivity contribution >= 4 is 33.6 Å². The Labute approximate surface area is 144 Å². The summed E-state index contributed by atoms with van der Waals surface area (Å²) in [5.74, 6) is -0.685. The molecule has 1 amide bonds. The molecule has 0 radical (unpaired) electrons. The largest absolute Gasteiger partial charge is 0.478 e. The Morgan fingerprint density at radius 3 is 2.92 bits per heavy atom. The van der Waals surface area contributed by atoms with E-state index in [2.05, 4.69) is 20.5 Å². The Hall–Kier alpha value is -3.01. The van der Waals surface area contributed by atoms with Crippen molar-refractivity contribution in [3.05, 3.63) is 39.3 Å². The molecular formula is C15H13N5O4S. The third-order valence-electron chi connectivity index (χ3n) is 3.89. The van der Waals surface area contributed by atoms with Crippen LogP contribution in [0, 0.1) is 5.92 Å². The van der Waals surface area contributed by atoms with Gasteiger partial charge in [-0.3, -0.25) is 19.3 Å². The van der Waals surface area contributed by atoms with Crippen LogP contribution in [-0.4, -0.2) is 36.7 Å². The Kier molecular flexibility index (Phi) is 3.61. The van der Waals surface area contributed by atoms with E-state index >= 15 is 0 Å². The molecule has 0 atom stereocenters. The second-order valence-electron chi connectivity index (χ2n) is 5.76. The maximum Gasteiger partial charge on any atom is 0.337 e. The number of carbonyl (C=O) groups is 2. The summed E-state index contributed by atoms with van der Waals surface area (Å²) < 4.78 is 1.80. The minimum atomic E-state index is -1.13. The fourth-order valence-electron chi connectivity index (χ4n) is 2.42. The van der Waals surface area contributed by atoms with Crippen molar-refractivity contribution in [2.24, 2.45) is 5.92 Å². The zero-order valence-electron chi connectivity index (χ0n) is 12.9. The monoisotopic (exact) mass is 359 g/mol. The predicted molar refractivity (Wildman–Crippen MR) is 88.9 cm³/mol. The summed E-state index contributed by atoms with van der Waals surface area (Å²) in [5, 5.41) is 19.4. The molecule has 0 spiro atoms. The van der Waals surface area contributed by atoms with Gasteiger partial charge in [-0.2, -0.15) is 5.10 Å². The molecule has 9 nitrogen and oxygen atoms in total. The second kappa shape index (κ2) is 5.81. The van der Waals surface area contributed by atoms with Gasteiger partial charge < -0.3 is 10.4 Å². The summed E-state index contributed by atoms with van der Waals surface area (Å²) >= 11 is 1.30. The van der Waals surface area contributed by atoms with Gasteiger partial charge in [0.05, 0.1) is 12.1 Å². The van der Waals surface area contributed by atoms with E-state index in [1.807, 2.05) is 0 Å². The molecule has 3 aromatic rings. The van der Waals surface area contributed by atoms with Crippen LogP contribution < -0.4 is 10.9 Å². The molecule has 0 aromatic carbocycles. The number of nitrogens with zero attached hydrogens (tertiary/aromatic N) is 3. The van der Waals surface area contributed by atoms with Crippen LogP contribution in [0.2, 0.25) is 0 Å². The molecule has 4 rings (SSSR count). The van der Waals surface area contributed by atoms with Gasteiger partial charge in [0.1, 0.15) is 9.71 Å². The zero-order valence-corrected chi connectivity index (χ0v) is 13.7. The maximum atomic E-state index is 12.1. The van der Waals surface area contributed by atoms with Crippen LogP contribution in [0.15, 0.2) is 23.1 Å². The van der Waals surface area contributed by atoms with Crippen LogP contribution in [-0.2, 0) is 11.3 Å². The summed E-state index contributed by atoms with van der Waals surface area (Å²) in [6.45, 7) is 0.312. The number of aromatic nitrogens is 4. The van der Waals surface area contributed by atoms with Crippen LogP contribution >= 0.6 is 11.3 Å². The number of thiazole rings is 1. The minimum absolute atomic E-state index is 0.0165. The Bertz CT molecular complexity index is 1050. The number of pyridine rings is 1. The summed E-state index contributed by atoms with van der Waals surface area (Å²) in [6, 6.07) is 2.43. The molecule has 0 saturated heterocycles. The highest BCUT2D eigenvalue weighted by atomic mass is 32.1. The molecule has 1 aliphatic carbocycles. The number of H-pyrrole nitrogens is 1. The Morgan fingerprint density at radius 1 is 1.40 bits per heavy atom. The first-order chi connectivity index (χ1) is 12.0. The van der Waals surface area contributed by atoms with Crippen LogP contribution in [0.1, 0.15) is 28.2 Å². The number of carboxylic acids is 1. The molecule has 3 N–H and O–H groups in total. The number of nitrogens with one attached hydrogen (secondary N) is 2. The number of hydrogen-bond donors (Lipinski definition) is 3. The topological polar surface area (TPSA) is 130 Å². The van der Waals surface area contributed by atoms with Gasteiger partial charge in [0.25, 0.3) is 5.56 Å². The molecule has 3 aromatic heterocycles. The van der Waals surface area contributed by atoms with Crippen molar-refractivity contribution < 1.29 is 14.7 Å². The number of carbonyl (C=O) groups excluding carboxylic acids is 1. The number of aromatic carboxylic acids is 1. The Balaban J connectivity index is 1.66. The smallest absolute Gasteiger partial charge is 0.337 e. The first kappa shape index (κ1) is 15.5. The summed E-state index contributed by atoms with van der Waals surface area (Å²) in [7, 11) is 0. The van der Waals surface area contributed by atoms with Crippen LogP contribution in [0.25, 0.3) is 16.2 Å². The lowest BCUT2D eigenvalue weighted by Gasteiger charge is -2.02. The normalized spacial score (nSPS) is 13.9. The Morgan fingerprint density at radius 2 is 2.20 bits per heavy atom. The molecule has 10 heteroatoms. The minimum Gasteiger partial charge on any atom is -0.478 e. The van der Waals surface area contributed by atoms with Crippen molar-refractivity contribution in [3.63, 3.8) is 0 Å². The number of carboxylic acid groups (broad SMARTS) is 1. The lowest BCUT2D eigenvalue weighted by molar-refractivity contribution is -0.122. The average molecular weight is 359 g/mol. The molecule has 0 aliphatic heterocycles. The fraction of sp³-hybridized carbons (Fsp3) is 0.267. The van der Waals surface area contributed by atoms with Crippen LogP contribution in [0.5, 0.6) is 0 Å². The van der Waals surface area contributed by atoms with Crippen molar-refractivity contribution in [1.82, 2.24) is 25.1 Å².